The number of ether oxygens (including phenoxy) is 1. The highest BCUT2D eigenvalue weighted by Crippen LogP contribution is 2.45. The van der Waals surface area contributed by atoms with Gasteiger partial charge in [0.2, 0.25) is 0 Å². The van der Waals surface area contributed by atoms with Crippen LogP contribution in [0.25, 0.3) is 0 Å². The van der Waals surface area contributed by atoms with Crippen LogP contribution in [0.15, 0.2) is 50.7 Å². The van der Waals surface area contributed by atoms with E-state index in [0.717, 1.165) is 30.5 Å². The second kappa shape index (κ2) is 6.94. The maximum Gasteiger partial charge on any atom is 0.310 e. The Labute approximate surface area is 168 Å². The fraction of sp³-hybridized carbons (Fsp3) is 0.435. The standard InChI is InChI=1S/C23H23FN2O3/c1-13-17-4-2-3-14-7-8-26-16(11-25-20(22(14)17)6-5-19(13)24)9-15-10-21(27)29-12-18(15)23(26)28/h5,7,9,11,13,17H,2-4,6,8,10,12H2,1H3/b14-7+,25-11?. The number of fused-ring (bicyclic) bond motifs is 2. The van der Waals surface area contributed by atoms with E-state index in [4.69, 9.17) is 9.73 Å². The third kappa shape index (κ3) is 3.02. The average molecular weight is 394 g/mol. The average Bonchev–Trinajstić information content (AvgIpc) is 2.78. The molecule has 0 aromatic carbocycles. The van der Waals surface area contributed by atoms with Gasteiger partial charge in [0.25, 0.3) is 5.56 Å². The molecule has 150 valence electrons. The van der Waals surface area contributed by atoms with Crippen molar-refractivity contribution in [3.05, 3.63) is 68.1 Å². The van der Waals surface area contributed by atoms with E-state index >= 15 is 0 Å². The lowest BCUT2D eigenvalue weighted by Gasteiger charge is -2.32. The maximum absolute atomic E-state index is 14.5. The third-order valence-electron chi connectivity index (χ3n) is 6.63. The molecule has 2 unspecified atom stereocenters. The number of halogens is 1. The Morgan fingerprint density at radius 2 is 2.14 bits per heavy atom. The first-order valence-electron chi connectivity index (χ1n) is 10.3. The van der Waals surface area contributed by atoms with Crippen molar-refractivity contribution in [2.45, 2.75) is 52.2 Å². The van der Waals surface area contributed by atoms with Gasteiger partial charge < -0.3 is 9.30 Å². The lowest BCUT2D eigenvalue weighted by molar-refractivity contribution is -0.145. The van der Waals surface area contributed by atoms with Gasteiger partial charge in [0, 0.05) is 24.6 Å². The van der Waals surface area contributed by atoms with E-state index in [1.54, 1.807) is 16.9 Å². The molecular formula is C23H23FN2O3. The van der Waals surface area contributed by atoms with Crippen LogP contribution < -0.4 is 5.56 Å². The minimum Gasteiger partial charge on any atom is -0.460 e. The number of cyclic esters (lactones) is 1. The Hall–Kier alpha value is -2.76. The minimum absolute atomic E-state index is 0.0272. The number of hydrogen-bond donors (Lipinski definition) is 0. The van der Waals surface area contributed by atoms with Gasteiger partial charge in [-0.2, -0.15) is 0 Å². The van der Waals surface area contributed by atoms with Gasteiger partial charge in [0.15, 0.2) is 0 Å². The molecule has 2 aliphatic heterocycles. The van der Waals surface area contributed by atoms with Gasteiger partial charge in [-0.05, 0) is 54.0 Å². The van der Waals surface area contributed by atoms with Gasteiger partial charge in [-0.3, -0.25) is 14.6 Å². The van der Waals surface area contributed by atoms with Crippen LogP contribution in [0, 0.1) is 11.8 Å². The van der Waals surface area contributed by atoms with E-state index in [2.05, 4.69) is 6.08 Å². The molecule has 0 radical (unpaired) electrons. The van der Waals surface area contributed by atoms with Crippen LogP contribution in [-0.2, 0) is 29.1 Å². The number of hydrogen-bond acceptors (Lipinski definition) is 4. The normalized spacial score (nSPS) is 27.7. The van der Waals surface area contributed by atoms with Gasteiger partial charge in [-0.1, -0.05) is 13.0 Å². The summed E-state index contributed by atoms with van der Waals surface area (Å²) in [5, 5.41) is 0. The molecule has 5 rings (SSSR count). The van der Waals surface area contributed by atoms with Crippen molar-refractivity contribution in [3.8, 4) is 0 Å². The van der Waals surface area contributed by atoms with Crippen molar-refractivity contribution in [3.63, 3.8) is 0 Å². The summed E-state index contributed by atoms with van der Waals surface area (Å²) in [7, 11) is 0. The number of aliphatic imine (C=N–C) groups is 1. The van der Waals surface area contributed by atoms with Crippen LogP contribution in [0.3, 0.4) is 0 Å². The molecule has 1 aromatic rings. The highest BCUT2D eigenvalue weighted by molar-refractivity contribution is 5.81. The molecule has 5 nitrogen and oxygen atoms in total. The second-order valence-electron chi connectivity index (χ2n) is 8.25. The van der Waals surface area contributed by atoms with E-state index in [0.29, 0.717) is 29.8 Å². The number of nitrogens with zero attached hydrogens (tertiary/aromatic N) is 2. The molecule has 2 aliphatic carbocycles. The zero-order valence-corrected chi connectivity index (χ0v) is 16.4. The fourth-order valence-electron chi connectivity index (χ4n) is 5.02. The first-order chi connectivity index (χ1) is 14.0. The van der Waals surface area contributed by atoms with Gasteiger partial charge in [-0.15, -0.1) is 0 Å². The molecule has 0 amide bonds. The van der Waals surface area contributed by atoms with E-state index in [9.17, 15) is 14.0 Å². The first-order valence-corrected chi connectivity index (χ1v) is 10.3. The van der Waals surface area contributed by atoms with Crippen LogP contribution in [-0.4, -0.2) is 16.8 Å². The third-order valence-corrected chi connectivity index (χ3v) is 6.63. The quantitative estimate of drug-likeness (QED) is 0.630. The lowest BCUT2D eigenvalue weighted by atomic mass is 9.74. The Bertz CT molecular complexity index is 1090. The monoisotopic (exact) mass is 394 g/mol. The molecule has 3 heterocycles. The van der Waals surface area contributed by atoms with Crippen LogP contribution in [0.2, 0.25) is 0 Å². The molecule has 4 aliphatic rings. The molecule has 0 bridgehead atoms. The molecule has 0 spiro atoms. The smallest absolute Gasteiger partial charge is 0.310 e. The Morgan fingerprint density at radius 1 is 1.28 bits per heavy atom. The van der Waals surface area contributed by atoms with Crippen molar-refractivity contribution in [2.75, 3.05) is 0 Å². The van der Waals surface area contributed by atoms with E-state index in [1.807, 2.05) is 13.0 Å². The summed E-state index contributed by atoms with van der Waals surface area (Å²) in [5.41, 5.74) is 5.04. The number of allylic oxidation sites excluding steroid dienone is 5. The zero-order valence-electron chi connectivity index (χ0n) is 16.4. The van der Waals surface area contributed by atoms with Crippen LogP contribution in [0.4, 0.5) is 4.39 Å². The van der Waals surface area contributed by atoms with E-state index in [-0.39, 0.29) is 42.2 Å². The highest BCUT2D eigenvalue weighted by atomic mass is 19.1. The van der Waals surface area contributed by atoms with E-state index in [1.165, 1.54) is 5.57 Å². The van der Waals surface area contributed by atoms with Crippen LogP contribution in [0.1, 0.15) is 49.4 Å². The van der Waals surface area contributed by atoms with Crippen molar-refractivity contribution < 1.29 is 13.9 Å². The summed E-state index contributed by atoms with van der Waals surface area (Å²) < 4.78 is 21.3. The van der Waals surface area contributed by atoms with E-state index < -0.39 is 0 Å². The summed E-state index contributed by atoms with van der Waals surface area (Å²) in [5.74, 6) is -0.401. The predicted octanol–water partition coefficient (Wildman–Crippen LogP) is 3.75. The summed E-state index contributed by atoms with van der Waals surface area (Å²) in [6, 6.07) is 1.87. The number of pyridine rings is 1. The number of carbonyl (C=O) groups excluding carboxylic acids is 1. The SMILES string of the molecule is CC1C(F)=CCC2=C3/C(=C/Cn4c(cc5c(c4=O)COC(=O)C5)C=N2)CCCC31. The van der Waals surface area contributed by atoms with Gasteiger partial charge in [0.1, 0.15) is 6.61 Å². The lowest BCUT2D eigenvalue weighted by Crippen LogP contribution is -2.32. The highest BCUT2D eigenvalue weighted by Gasteiger charge is 2.34. The van der Waals surface area contributed by atoms with Crippen molar-refractivity contribution in [1.29, 1.82) is 0 Å². The number of esters is 1. The molecule has 2 atom stereocenters. The summed E-state index contributed by atoms with van der Waals surface area (Å²) in [6.07, 6.45) is 8.91. The Balaban J connectivity index is 1.67. The largest absolute Gasteiger partial charge is 0.460 e. The number of aromatic nitrogens is 1. The van der Waals surface area contributed by atoms with Gasteiger partial charge >= 0.3 is 5.97 Å². The summed E-state index contributed by atoms with van der Waals surface area (Å²) in [4.78, 5) is 29.5. The molecule has 1 saturated carbocycles. The predicted molar refractivity (Wildman–Crippen MR) is 107 cm³/mol. The van der Waals surface area contributed by atoms with Gasteiger partial charge in [-0.25, -0.2) is 4.39 Å². The topological polar surface area (TPSA) is 60.7 Å². The molecule has 0 N–H and O–H groups in total. The maximum atomic E-state index is 14.5. The van der Waals surface area contributed by atoms with Crippen LogP contribution >= 0.6 is 0 Å². The molecule has 29 heavy (non-hydrogen) atoms. The Kier molecular flexibility index (Phi) is 4.37. The second-order valence-corrected chi connectivity index (χ2v) is 8.25. The zero-order chi connectivity index (χ0) is 20.1. The molecule has 0 saturated heterocycles. The molecule has 1 aromatic heterocycles. The van der Waals surface area contributed by atoms with Crippen molar-refractivity contribution in [2.24, 2.45) is 16.8 Å². The minimum atomic E-state index is -0.318. The molecular weight excluding hydrogens is 371 g/mol. The number of carbonyl (C=O) groups is 1. The number of rotatable bonds is 0. The Morgan fingerprint density at radius 3 is 3.00 bits per heavy atom. The molecule has 1 fully saturated rings. The van der Waals surface area contributed by atoms with Crippen molar-refractivity contribution >= 4 is 12.2 Å². The summed E-state index contributed by atoms with van der Waals surface area (Å²) >= 11 is 0. The van der Waals surface area contributed by atoms with Crippen molar-refractivity contribution in [1.82, 2.24) is 4.57 Å². The fourth-order valence-corrected chi connectivity index (χ4v) is 5.02. The first kappa shape index (κ1) is 18.3. The summed E-state index contributed by atoms with van der Waals surface area (Å²) in [6.45, 7) is 2.42. The molecule has 6 heteroatoms. The van der Waals surface area contributed by atoms with Crippen LogP contribution in [0.5, 0.6) is 0 Å². The van der Waals surface area contributed by atoms with Gasteiger partial charge in [0.05, 0.1) is 29.7 Å².